The number of aliphatic carboxylic acids is 1. The minimum atomic E-state index is -3.51. The molecular weight excluding hydrogens is 346 g/mol. The standard InChI is InChI=1S/C16H21N3O5S/c1-18(13-4-5-13)25(23,24)14-6-2-12(3-7-14)17-16(22)19-9-8-11(10-19)15(20)21/h2-3,6-7,11,13H,4-5,8-10H2,1H3,(H,17,22)(H,20,21). The summed E-state index contributed by atoms with van der Waals surface area (Å²) in [5.74, 6) is -1.43. The van der Waals surface area contributed by atoms with Gasteiger partial charge in [0.25, 0.3) is 0 Å². The summed E-state index contributed by atoms with van der Waals surface area (Å²) in [4.78, 5) is 24.7. The van der Waals surface area contributed by atoms with Gasteiger partial charge in [-0.05, 0) is 43.5 Å². The van der Waals surface area contributed by atoms with E-state index in [4.69, 9.17) is 5.11 Å². The second-order valence-corrected chi connectivity index (χ2v) is 8.47. The van der Waals surface area contributed by atoms with Crippen molar-refractivity contribution in [1.82, 2.24) is 9.21 Å². The van der Waals surface area contributed by atoms with Crippen LogP contribution in [-0.4, -0.2) is 60.9 Å². The summed E-state index contributed by atoms with van der Waals surface area (Å²) in [5, 5.41) is 11.7. The van der Waals surface area contributed by atoms with Crippen LogP contribution in [-0.2, 0) is 14.8 Å². The zero-order valence-corrected chi connectivity index (χ0v) is 14.7. The maximum absolute atomic E-state index is 12.4. The van der Waals surface area contributed by atoms with Crippen LogP contribution in [0.15, 0.2) is 29.2 Å². The molecule has 9 heteroatoms. The number of likely N-dealkylation sites (tertiary alicyclic amines) is 1. The number of nitrogens with one attached hydrogen (secondary N) is 1. The first-order valence-corrected chi connectivity index (χ1v) is 9.60. The lowest BCUT2D eigenvalue weighted by atomic mass is 10.1. The van der Waals surface area contributed by atoms with Crippen LogP contribution >= 0.6 is 0 Å². The molecule has 1 aliphatic heterocycles. The van der Waals surface area contributed by atoms with Crippen LogP contribution in [0.25, 0.3) is 0 Å². The third kappa shape index (κ3) is 3.77. The van der Waals surface area contributed by atoms with E-state index in [1.165, 1.54) is 33.5 Å². The monoisotopic (exact) mass is 367 g/mol. The Morgan fingerprint density at radius 2 is 1.84 bits per heavy atom. The summed E-state index contributed by atoms with van der Waals surface area (Å²) in [6.07, 6.45) is 2.21. The number of carbonyl (C=O) groups excluding carboxylic acids is 1. The first-order chi connectivity index (χ1) is 11.8. The summed E-state index contributed by atoms with van der Waals surface area (Å²) >= 11 is 0. The summed E-state index contributed by atoms with van der Waals surface area (Å²) in [5.41, 5.74) is 0.469. The molecule has 3 rings (SSSR count). The van der Waals surface area contributed by atoms with E-state index >= 15 is 0 Å². The molecule has 1 heterocycles. The number of urea groups is 1. The van der Waals surface area contributed by atoms with Gasteiger partial charge in [0.05, 0.1) is 10.8 Å². The van der Waals surface area contributed by atoms with Crippen LogP contribution in [0.2, 0.25) is 0 Å². The fraction of sp³-hybridized carbons (Fsp3) is 0.500. The third-order valence-electron chi connectivity index (χ3n) is 4.67. The van der Waals surface area contributed by atoms with Crippen molar-refractivity contribution in [3.05, 3.63) is 24.3 Å². The van der Waals surface area contributed by atoms with Gasteiger partial charge in [-0.1, -0.05) is 0 Å². The lowest BCUT2D eigenvalue weighted by Gasteiger charge is -2.18. The SMILES string of the molecule is CN(C1CC1)S(=O)(=O)c1ccc(NC(=O)N2CCC(C(=O)O)C2)cc1. The van der Waals surface area contributed by atoms with Crippen molar-refractivity contribution in [3.8, 4) is 0 Å². The third-order valence-corrected chi connectivity index (χ3v) is 6.59. The number of carbonyl (C=O) groups is 2. The topological polar surface area (TPSA) is 107 Å². The molecule has 8 nitrogen and oxygen atoms in total. The normalized spacial score (nSPS) is 20.7. The van der Waals surface area contributed by atoms with Crippen LogP contribution in [0.5, 0.6) is 0 Å². The van der Waals surface area contributed by atoms with Crippen molar-refractivity contribution in [2.45, 2.75) is 30.2 Å². The van der Waals surface area contributed by atoms with Crippen molar-refractivity contribution in [1.29, 1.82) is 0 Å². The van der Waals surface area contributed by atoms with Gasteiger partial charge in [0, 0.05) is 31.9 Å². The molecule has 0 bridgehead atoms. The average Bonchev–Trinajstić information content (AvgIpc) is 3.29. The highest BCUT2D eigenvalue weighted by molar-refractivity contribution is 7.89. The van der Waals surface area contributed by atoms with Gasteiger partial charge in [-0.25, -0.2) is 13.2 Å². The van der Waals surface area contributed by atoms with Gasteiger partial charge in [-0.2, -0.15) is 4.31 Å². The van der Waals surface area contributed by atoms with Gasteiger partial charge in [-0.15, -0.1) is 0 Å². The Kier molecular flexibility index (Phi) is 4.70. The average molecular weight is 367 g/mol. The van der Waals surface area contributed by atoms with Crippen LogP contribution in [0.4, 0.5) is 10.5 Å². The number of nitrogens with zero attached hydrogens (tertiary/aromatic N) is 2. The van der Waals surface area contributed by atoms with Crippen LogP contribution in [0, 0.1) is 5.92 Å². The molecule has 1 aromatic carbocycles. The quantitative estimate of drug-likeness (QED) is 0.818. The summed E-state index contributed by atoms with van der Waals surface area (Å²) in [6.45, 7) is 0.571. The molecule has 2 aliphatic rings. The number of hydrogen-bond donors (Lipinski definition) is 2. The highest BCUT2D eigenvalue weighted by atomic mass is 32.2. The Morgan fingerprint density at radius 3 is 2.36 bits per heavy atom. The Hall–Kier alpha value is -2.13. The van der Waals surface area contributed by atoms with E-state index in [-0.39, 0.29) is 23.5 Å². The second-order valence-electron chi connectivity index (χ2n) is 6.48. The molecule has 1 saturated heterocycles. The van der Waals surface area contributed by atoms with Crippen LogP contribution < -0.4 is 5.32 Å². The first-order valence-electron chi connectivity index (χ1n) is 8.16. The molecule has 0 spiro atoms. The van der Waals surface area contributed by atoms with E-state index in [0.29, 0.717) is 18.7 Å². The molecule has 1 atom stereocenters. The zero-order valence-electron chi connectivity index (χ0n) is 13.9. The van der Waals surface area contributed by atoms with E-state index in [9.17, 15) is 18.0 Å². The summed E-state index contributed by atoms with van der Waals surface area (Å²) in [7, 11) is -1.93. The van der Waals surface area contributed by atoms with Gasteiger partial charge in [0.2, 0.25) is 10.0 Å². The molecule has 2 N–H and O–H groups in total. The van der Waals surface area contributed by atoms with Crippen molar-refractivity contribution >= 4 is 27.7 Å². The molecular formula is C16H21N3O5S. The number of sulfonamides is 1. The number of carboxylic acids is 1. The molecule has 2 amide bonds. The van der Waals surface area contributed by atoms with Gasteiger partial charge in [0.15, 0.2) is 0 Å². The van der Waals surface area contributed by atoms with Gasteiger partial charge < -0.3 is 15.3 Å². The largest absolute Gasteiger partial charge is 0.481 e. The van der Waals surface area contributed by atoms with Crippen molar-refractivity contribution < 1.29 is 23.1 Å². The molecule has 1 aliphatic carbocycles. The Morgan fingerprint density at radius 1 is 1.20 bits per heavy atom. The number of anilines is 1. The van der Waals surface area contributed by atoms with E-state index in [1.807, 2.05) is 0 Å². The fourth-order valence-electron chi connectivity index (χ4n) is 2.86. The number of hydrogen-bond acceptors (Lipinski definition) is 4. The van der Waals surface area contributed by atoms with Crippen LogP contribution in [0.3, 0.4) is 0 Å². The molecule has 1 unspecified atom stereocenters. The molecule has 0 aromatic heterocycles. The predicted molar refractivity (Wildman–Crippen MR) is 90.7 cm³/mol. The second kappa shape index (κ2) is 6.64. The number of amides is 2. The molecule has 1 aromatic rings. The van der Waals surface area contributed by atoms with Gasteiger partial charge >= 0.3 is 12.0 Å². The van der Waals surface area contributed by atoms with Crippen molar-refractivity contribution in [2.24, 2.45) is 5.92 Å². The Bertz CT molecular complexity index is 773. The molecule has 25 heavy (non-hydrogen) atoms. The summed E-state index contributed by atoms with van der Waals surface area (Å²) in [6, 6.07) is 5.71. The maximum Gasteiger partial charge on any atom is 0.321 e. The van der Waals surface area contributed by atoms with E-state index in [0.717, 1.165) is 12.8 Å². The maximum atomic E-state index is 12.4. The fourth-order valence-corrected chi connectivity index (χ4v) is 4.28. The van der Waals surface area contributed by atoms with E-state index < -0.39 is 21.9 Å². The van der Waals surface area contributed by atoms with Gasteiger partial charge in [-0.3, -0.25) is 4.79 Å². The van der Waals surface area contributed by atoms with E-state index in [2.05, 4.69) is 5.32 Å². The zero-order chi connectivity index (χ0) is 18.2. The van der Waals surface area contributed by atoms with Crippen molar-refractivity contribution in [3.63, 3.8) is 0 Å². The highest BCUT2D eigenvalue weighted by Gasteiger charge is 2.35. The Labute approximate surface area is 146 Å². The van der Waals surface area contributed by atoms with Crippen molar-refractivity contribution in [2.75, 3.05) is 25.5 Å². The summed E-state index contributed by atoms with van der Waals surface area (Å²) < 4.78 is 26.2. The molecule has 136 valence electrons. The lowest BCUT2D eigenvalue weighted by Crippen LogP contribution is -2.33. The molecule has 0 radical (unpaired) electrons. The smallest absolute Gasteiger partial charge is 0.321 e. The molecule has 1 saturated carbocycles. The van der Waals surface area contributed by atoms with Gasteiger partial charge in [0.1, 0.15) is 0 Å². The lowest BCUT2D eigenvalue weighted by molar-refractivity contribution is -0.141. The highest BCUT2D eigenvalue weighted by Crippen LogP contribution is 2.30. The number of carboxylic acid groups (broad SMARTS) is 1. The minimum Gasteiger partial charge on any atom is -0.481 e. The Balaban J connectivity index is 1.63. The number of rotatable bonds is 5. The minimum absolute atomic E-state index is 0.0849. The first kappa shape index (κ1) is 17.7. The predicted octanol–water partition coefficient (Wildman–Crippen LogP) is 1.41. The van der Waals surface area contributed by atoms with Crippen LogP contribution in [0.1, 0.15) is 19.3 Å². The van der Waals surface area contributed by atoms with E-state index in [1.54, 1.807) is 7.05 Å². The molecule has 2 fully saturated rings. The number of benzene rings is 1.